The van der Waals surface area contributed by atoms with Gasteiger partial charge in [0.05, 0.1) is 11.6 Å². The first-order valence-electron chi connectivity index (χ1n) is 7.95. The highest BCUT2D eigenvalue weighted by Gasteiger charge is 2.10. The van der Waals surface area contributed by atoms with Crippen molar-refractivity contribution in [1.82, 2.24) is 0 Å². The second-order valence-corrected chi connectivity index (χ2v) is 5.94. The molecule has 0 bridgehead atoms. The molecule has 1 N–H and O–H groups in total. The molecule has 2 rings (SSSR count). The summed E-state index contributed by atoms with van der Waals surface area (Å²) in [4.78, 5) is 12.3. The van der Waals surface area contributed by atoms with Gasteiger partial charge in [-0.1, -0.05) is 36.7 Å². The Balaban J connectivity index is 2.17. The van der Waals surface area contributed by atoms with Gasteiger partial charge in [0.25, 0.3) is 5.91 Å². The number of nitriles is 1. The molecule has 0 fully saturated rings. The van der Waals surface area contributed by atoms with Crippen LogP contribution in [0, 0.1) is 18.3 Å². The number of hydrogen-bond acceptors (Lipinski definition) is 3. The summed E-state index contributed by atoms with van der Waals surface area (Å²) in [6.07, 6.45) is 2.39. The fraction of sp³-hybridized carbons (Fsp3) is 0.200. The zero-order valence-electron chi connectivity index (χ0n) is 14.2. The molecule has 2 aromatic rings. The molecule has 0 radical (unpaired) electrons. The third-order valence-corrected chi connectivity index (χ3v) is 3.67. The number of anilines is 1. The fourth-order valence-electron chi connectivity index (χ4n) is 2.17. The van der Waals surface area contributed by atoms with Gasteiger partial charge in [-0.3, -0.25) is 4.79 Å². The number of halogens is 1. The van der Waals surface area contributed by atoms with E-state index in [1.807, 2.05) is 38.1 Å². The summed E-state index contributed by atoms with van der Waals surface area (Å²) >= 11 is 6.18. The Hall–Kier alpha value is -2.77. The minimum absolute atomic E-state index is 0.000186. The molecule has 0 aliphatic carbocycles. The summed E-state index contributed by atoms with van der Waals surface area (Å²) in [5.41, 5.74) is 2.33. The lowest BCUT2D eigenvalue weighted by atomic mass is 10.1. The molecule has 0 aliphatic heterocycles. The summed E-state index contributed by atoms with van der Waals surface area (Å²) < 4.78 is 5.51. The second-order valence-electron chi connectivity index (χ2n) is 5.53. The molecule has 1 amide bonds. The first-order chi connectivity index (χ1) is 12.0. The van der Waals surface area contributed by atoms with Gasteiger partial charge in [-0.25, -0.2) is 0 Å². The molecule has 128 valence electrons. The molecular formula is C20H19ClN2O2. The SMILES string of the molecule is CCCOc1ccc(/C=C(\C#N)C(=O)Nc2cccc(C)c2)cc1Cl. The van der Waals surface area contributed by atoms with Gasteiger partial charge in [0.1, 0.15) is 17.4 Å². The first-order valence-corrected chi connectivity index (χ1v) is 8.33. The van der Waals surface area contributed by atoms with Crippen molar-refractivity contribution in [1.29, 1.82) is 5.26 Å². The lowest BCUT2D eigenvalue weighted by Crippen LogP contribution is -2.13. The molecule has 25 heavy (non-hydrogen) atoms. The van der Waals surface area contributed by atoms with E-state index in [4.69, 9.17) is 16.3 Å². The molecule has 0 saturated heterocycles. The molecule has 0 aliphatic rings. The van der Waals surface area contributed by atoms with E-state index in [-0.39, 0.29) is 5.57 Å². The second kappa shape index (κ2) is 8.91. The van der Waals surface area contributed by atoms with Gasteiger partial charge in [-0.15, -0.1) is 0 Å². The number of aryl methyl sites for hydroxylation is 1. The number of nitrogens with one attached hydrogen (secondary N) is 1. The van der Waals surface area contributed by atoms with Crippen LogP contribution in [0.4, 0.5) is 5.69 Å². The molecule has 0 heterocycles. The van der Waals surface area contributed by atoms with Crippen LogP contribution in [0.2, 0.25) is 5.02 Å². The predicted octanol–water partition coefficient (Wildman–Crippen LogP) is 4.98. The third-order valence-electron chi connectivity index (χ3n) is 3.37. The van der Waals surface area contributed by atoms with Gasteiger partial charge in [0, 0.05) is 5.69 Å². The van der Waals surface area contributed by atoms with Crippen LogP contribution in [-0.2, 0) is 4.79 Å². The average Bonchev–Trinajstić information content (AvgIpc) is 2.58. The van der Waals surface area contributed by atoms with Gasteiger partial charge < -0.3 is 10.1 Å². The smallest absolute Gasteiger partial charge is 0.266 e. The van der Waals surface area contributed by atoms with Crippen LogP contribution in [0.5, 0.6) is 5.75 Å². The third kappa shape index (κ3) is 5.37. The number of carbonyl (C=O) groups excluding carboxylic acids is 1. The lowest BCUT2D eigenvalue weighted by molar-refractivity contribution is -0.112. The van der Waals surface area contributed by atoms with Crippen molar-refractivity contribution >= 4 is 29.3 Å². The zero-order chi connectivity index (χ0) is 18.2. The molecule has 4 nitrogen and oxygen atoms in total. The van der Waals surface area contributed by atoms with Gasteiger partial charge in [0.15, 0.2) is 0 Å². The maximum Gasteiger partial charge on any atom is 0.266 e. The standard InChI is InChI=1S/C20H19ClN2O2/c1-3-9-25-19-8-7-15(12-18(19)21)11-16(13-22)20(24)23-17-6-4-5-14(2)10-17/h4-8,10-12H,3,9H2,1-2H3,(H,23,24)/b16-11+. The van der Waals surface area contributed by atoms with Crippen molar-refractivity contribution in [2.75, 3.05) is 11.9 Å². The number of carbonyl (C=O) groups is 1. The van der Waals surface area contributed by atoms with Gasteiger partial charge in [-0.2, -0.15) is 5.26 Å². The topological polar surface area (TPSA) is 62.1 Å². The lowest BCUT2D eigenvalue weighted by Gasteiger charge is -2.08. The van der Waals surface area contributed by atoms with E-state index in [1.54, 1.807) is 24.3 Å². The van der Waals surface area contributed by atoms with E-state index in [9.17, 15) is 10.1 Å². The minimum Gasteiger partial charge on any atom is -0.492 e. The van der Waals surface area contributed by atoms with E-state index < -0.39 is 5.91 Å². The molecular weight excluding hydrogens is 336 g/mol. The summed E-state index contributed by atoms with van der Waals surface area (Å²) in [7, 11) is 0. The van der Waals surface area contributed by atoms with Crippen molar-refractivity contribution in [3.63, 3.8) is 0 Å². The molecule has 0 atom stereocenters. The minimum atomic E-state index is -0.462. The van der Waals surface area contributed by atoms with Crippen molar-refractivity contribution in [3.8, 4) is 11.8 Å². The highest BCUT2D eigenvalue weighted by Crippen LogP contribution is 2.26. The average molecular weight is 355 g/mol. The van der Waals surface area contributed by atoms with Crippen molar-refractivity contribution in [3.05, 3.63) is 64.2 Å². The fourth-order valence-corrected chi connectivity index (χ4v) is 2.42. The molecule has 0 aromatic heterocycles. The number of ether oxygens (including phenoxy) is 1. The van der Waals surface area contributed by atoms with Crippen LogP contribution in [0.1, 0.15) is 24.5 Å². The van der Waals surface area contributed by atoms with Crippen molar-refractivity contribution in [2.45, 2.75) is 20.3 Å². The highest BCUT2D eigenvalue weighted by molar-refractivity contribution is 6.32. The predicted molar refractivity (Wildman–Crippen MR) is 101 cm³/mol. The quantitative estimate of drug-likeness (QED) is 0.587. The van der Waals surface area contributed by atoms with Gasteiger partial charge in [0.2, 0.25) is 0 Å². The van der Waals surface area contributed by atoms with Crippen molar-refractivity contribution < 1.29 is 9.53 Å². The largest absolute Gasteiger partial charge is 0.492 e. The number of nitrogens with zero attached hydrogens (tertiary/aromatic N) is 1. The summed E-state index contributed by atoms with van der Waals surface area (Å²) in [5, 5.41) is 12.5. The molecule has 0 spiro atoms. The van der Waals surface area contributed by atoms with E-state index in [0.29, 0.717) is 28.6 Å². The first kappa shape index (κ1) is 18.6. The number of hydrogen-bond donors (Lipinski definition) is 1. The van der Waals surface area contributed by atoms with E-state index in [2.05, 4.69) is 5.32 Å². The van der Waals surface area contributed by atoms with Crippen LogP contribution >= 0.6 is 11.6 Å². The number of benzene rings is 2. The van der Waals surface area contributed by atoms with Crippen molar-refractivity contribution in [2.24, 2.45) is 0 Å². The molecule has 0 unspecified atom stereocenters. The summed E-state index contributed by atoms with van der Waals surface area (Å²) in [6.45, 7) is 4.52. The normalized spacial score (nSPS) is 10.9. The Labute approximate surface area is 152 Å². The summed E-state index contributed by atoms with van der Waals surface area (Å²) in [5.74, 6) is 0.124. The van der Waals surface area contributed by atoms with Gasteiger partial charge >= 0.3 is 0 Å². The van der Waals surface area contributed by atoms with Crippen LogP contribution in [0.3, 0.4) is 0 Å². The van der Waals surface area contributed by atoms with Gasteiger partial charge in [-0.05, 0) is 54.8 Å². The summed E-state index contributed by atoms with van der Waals surface area (Å²) in [6, 6.07) is 14.5. The number of rotatable bonds is 6. The van der Waals surface area contributed by atoms with E-state index in [0.717, 1.165) is 12.0 Å². The maximum absolute atomic E-state index is 12.3. The van der Waals surface area contributed by atoms with Crippen LogP contribution in [-0.4, -0.2) is 12.5 Å². The van der Waals surface area contributed by atoms with Crippen LogP contribution < -0.4 is 10.1 Å². The Morgan fingerprint density at radius 3 is 2.76 bits per heavy atom. The van der Waals surface area contributed by atoms with E-state index in [1.165, 1.54) is 6.08 Å². The monoisotopic (exact) mass is 354 g/mol. The highest BCUT2D eigenvalue weighted by atomic mass is 35.5. The molecule has 5 heteroatoms. The van der Waals surface area contributed by atoms with Crippen LogP contribution in [0.25, 0.3) is 6.08 Å². The molecule has 2 aromatic carbocycles. The van der Waals surface area contributed by atoms with E-state index >= 15 is 0 Å². The molecule has 0 saturated carbocycles. The zero-order valence-corrected chi connectivity index (χ0v) is 14.9. The van der Waals surface area contributed by atoms with Crippen LogP contribution in [0.15, 0.2) is 48.0 Å². The number of amides is 1. The Morgan fingerprint density at radius 2 is 2.12 bits per heavy atom. The Kier molecular flexibility index (Phi) is 6.62. The maximum atomic E-state index is 12.3. The Bertz CT molecular complexity index is 838. The Morgan fingerprint density at radius 1 is 1.32 bits per heavy atom.